The van der Waals surface area contributed by atoms with Crippen LogP contribution in [-0.2, 0) is 14.8 Å². The first kappa shape index (κ1) is 17.3. The molecule has 0 atom stereocenters. The number of carbonyl (C=O) groups is 1. The highest BCUT2D eigenvalue weighted by molar-refractivity contribution is 7.89. The van der Waals surface area contributed by atoms with Gasteiger partial charge in [0.05, 0.1) is 11.6 Å². The summed E-state index contributed by atoms with van der Waals surface area (Å²) in [6.45, 7) is -0.591. The van der Waals surface area contributed by atoms with Crippen molar-refractivity contribution in [3.8, 4) is 0 Å². The summed E-state index contributed by atoms with van der Waals surface area (Å²) >= 11 is 5.72. The van der Waals surface area contributed by atoms with Gasteiger partial charge in [0.2, 0.25) is 15.9 Å². The van der Waals surface area contributed by atoms with Crippen molar-refractivity contribution in [3.63, 3.8) is 0 Å². The molecule has 0 aromatic heterocycles. The van der Waals surface area contributed by atoms with E-state index in [2.05, 4.69) is 5.32 Å². The molecule has 0 aliphatic carbocycles. The van der Waals surface area contributed by atoms with Crippen LogP contribution in [0.25, 0.3) is 0 Å². The van der Waals surface area contributed by atoms with Gasteiger partial charge in [0.15, 0.2) is 0 Å². The lowest BCUT2D eigenvalue weighted by atomic mass is 10.3. The molecule has 0 unspecified atom stereocenters. The summed E-state index contributed by atoms with van der Waals surface area (Å²) in [6.07, 6.45) is 0. The first-order valence-corrected chi connectivity index (χ1v) is 8.14. The number of sulfonamides is 1. The van der Waals surface area contributed by atoms with Crippen LogP contribution in [0.2, 0.25) is 5.02 Å². The van der Waals surface area contributed by atoms with Crippen molar-refractivity contribution >= 4 is 33.2 Å². The molecule has 122 valence electrons. The summed E-state index contributed by atoms with van der Waals surface area (Å²) in [4.78, 5) is 11.2. The fraction of sp³-hybridized carbons (Fsp3) is 0.0714. The van der Waals surface area contributed by atoms with Crippen molar-refractivity contribution < 1.29 is 22.0 Å². The van der Waals surface area contributed by atoms with Gasteiger partial charge in [-0.1, -0.05) is 11.6 Å². The van der Waals surface area contributed by atoms with Gasteiger partial charge in [-0.2, -0.15) is 0 Å². The molecule has 0 fully saturated rings. The zero-order chi connectivity index (χ0) is 17.0. The number of hydrogen-bond donors (Lipinski definition) is 2. The third kappa shape index (κ3) is 4.72. The molecule has 0 bridgehead atoms. The van der Waals surface area contributed by atoms with Gasteiger partial charge in [0, 0.05) is 5.69 Å². The molecule has 2 aromatic carbocycles. The van der Waals surface area contributed by atoms with Crippen LogP contribution >= 0.6 is 11.6 Å². The summed E-state index contributed by atoms with van der Waals surface area (Å²) < 4.78 is 51.9. The van der Waals surface area contributed by atoms with Crippen LogP contribution in [0.4, 0.5) is 14.5 Å². The zero-order valence-electron chi connectivity index (χ0n) is 11.5. The molecule has 0 saturated heterocycles. The molecule has 5 nitrogen and oxygen atoms in total. The minimum Gasteiger partial charge on any atom is -0.325 e. The lowest BCUT2D eigenvalue weighted by Crippen LogP contribution is -2.33. The zero-order valence-corrected chi connectivity index (χ0v) is 13.1. The molecule has 0 aliphatic heterocycles. The minimum absolute atomic E-state index is 0.169. The molecule has 0 spiro atoms. The van der Waals surface area contributed by atoms with Gasteiger partial charge >= 0.3 is 0 Å². The largest absolute Gasteiger partial charge is 0.325 e. The van der Waals surface area contributed by atoms with Gasteiger partial charge in [-0.15, -0.1) is 0 Å². The highest BCUT2D eigenvalue weighted by atomic mass is 35.5. The first-order chi connectivity index (χ1) is 10.8. The Balaban J connectivity index is 2.02. The molecule has 0 radical (unpaired) electrons. The van der Waals surface area contributed by atoms with E-state index in [1.807, 2.05) is 4.72 Å². The third-order valence-corrected chi connectivity index (χ3v) is 4.62. The highest BCUT2D eigenvalue weighted by Crippen LogP contribution is 2.21. The minimum atomic E-state index is -4.15. The number of halogens is 3. The maximum atomic E-state index is 13.1. The van der Waals surface area contributed by atoms with Crippen LogP contribution in [0.1, 0.15) is 0 Å². The van der Waals surface area contributed by atoms with Gasteiger partial charge < -0.3 is 5.32 Å². The highest BCUT2D eigenvalue weighted by Gasteiger charge is 2.19. The number of rotatable bonds is 5. The standard InChI is InChI=1S/C14H11ClF2N2O3S/c15-12-6-3-10(17)7-13(12)23(21,22)18-8-14(20)19-11-4-1-9(16)2-5-11/h1-7,18H,8H2,(H,19,20). The van der Waals surface area contributed by atoms with Crippen LogP contribution in [0.15, 0.2) is 47.4 Å². The Labute approximate surface area is 136 Å². The molecule has 23 heavy (non-hydrogen) atoms. The monoisotopic (exact) mass is 360 g/mol. The van der Waals surface area contributed by atoms with E-state index in [0.717, 1.165) is 30.3 Å². The Kier molecular flexibility index (Phi) is 5.30. The third-order valence-electron chi connectivity index (χ3n) is 2.73. The first-order valence-electron chi connectivity index (χ1n) is 6.28. The average Bonchev–Trinajstić information content (AvgIpc) is 2.50. The van der Waals surface area contributed by atoms with Crippen LogP contribution < -0.4 is 10.0 Å². The smallest absolute Gasteiger partial charge is 0.242 e. The van der Waals surface area contributed by atoms with E-state index in [0.29, 0.717) is 5.69 Å². The Morgan fingerprint density at radius 3 is 2.30 bits per heavy atom. The predicted molar refractivity (Wildman–Crippen MR) is 81.6 cm³/mol. The molecule has 1 amide bonds. The molecular formula is C14H11ClF2N2O3S. The number of hydrogen-bond acceptors (Lipinski definition) is 3. The Bertz CT molecular complexity index is 826. The van der Waals surface area contributed by atoms with Crippen molar-refractivity contribution in [1.29, 1.82) is 0 Å². The van der Waals surface area contributed by atoms with E-state index in [1.54, 1.807) is 0 Å². The SMILES string of the molecule is O=C(CNS(=O)(=O)c1cc(F)ccc1Cl)Nc1ccc(F)cc1. The van der Waals surface area contributed by atoms with Gasteiger partial charge in [0.25, 0.3) is 0 Å². The van der Waals surface area contributed by atoms with Crippen molar-refractivity contribution in [2.75, 3.05) is 11.9 Å². The van der Waals surface area contributed by atoms with Gasteiger partial charge in [-0.05, 0) is 42.5 Å². The quantitative estimate of drug-likeness (QED) is 0.860. The van der Waals surface area contributed by atoms with Gasteiger partial charge in [-0.3, -0.25) is 4.79 Å². The Morgan fingerprint density at radius 1 is 1.04 bits per heavy atom. The Morgan fingerprint density at radius 2 is 1.65 bits per heavy atom. The van der Waals surface area contributed by atoms with E-state index in [9.17, 15) is 22.0 Å². The lowest BCUT2D eigenvalue weighted by molar-refractivity contribution is -0.115. The summed E-state index contributed by atoms with van der Waals surface area (Å²) in [6, 6.07) is 7.81. The summed E-state index contributed by atoms with van der Waals surface area (Å²) in [5.41, 5.74) is 0.305. The van der Waals surface area contributed by atoms with E-state index in [-0.39, 0.29) is 5.02 Å². The normalized spacial score (nSPS) is 11.3. The molecule has 2 N–H and O–H groups in total. The average molecular weight is 361 g/mol. The summed E-state index contributed by atoms with van der Waals surface area (Å²) in [5.74, 6) is -1.91. The number of nitrogens with one attached hydrogen (secondary N) is 2. The fourth-order valence-electron chi connectivity index (χ4n) is 1.66. The molecule has 0 heterocycles. The van der Waals surface area contributed by atoms with Gasteiger partial charge in [-0.25, -0.2) is 21.9 Å². The summed E-state index contributed by atoms with van der Waals surface area (Å²) in [7, 11) is -4.15. The van der Waals surface area contributed by atoms with E-state index < -0.39 is 39.0 Å². The topological polar surface area (TPSA) is 75.3 Å². The maximum Gasteiger partial charge on any atom is 0.242 e. The molecule has 2 aromatic rings. The van der Waals surface area contributed by atoms with Crippen LogP contribution in [0, 0.1) is 11.6 Å². The van der Waals surface area contributed by atoms with Crippen molar-refractivity contribution in [2.45, 2.75) is 4.90 Å². The molecule has 0 saturated carbocycles. The summed E-state index contributed by atoms with van der Waals surface area (Å²) in [5, 5.41) is 2.21. The number of amides is 1. The number of benzene rings is 2. The molecule has 9 heteroatoms. The van der Waals surface area contributed by atoms with Crippen LogP contribution in [0.3, 0.4) is 0 Å². The van der Waals surface area contributed by atoms with E-state index >= 15 is 0 Å². The van der Waals surface area contributed by atoms with E-state index in [4.69, 9.17) is 11.6 Å². The lowest BCUT2D eigenvalue weighted by Gasteiger charge is -2.09. The van der Waals surface area contributed by atoms with Crippen molar-refractivity contribution in [3.05, 3.63) is 59.1 Å². The number of carbonyl (C=O) groups excluding carboxylic acids is 1. The van der Waals surface area contributed by atoms with Crippen molar-refractivity contribution in [2.24, 2.45) is 0 Å². The molecule has 0 aliphatic rings. The van der Waals surface area contributed by atoms with E-state index in [1.165, 1.54) is 12.1 Å². The molecule has 2 rings (SSSR count). The molecular weight excluding hydrogens is 350 g/mol. The fourth-order valence-corrected chi connectivity index (χ4v) is 3.15. The second kappa shape index (κ2) is 7.03. The second-order valence-corrected chi connectivity index (χ2v) is 6.60. The van der Waals surface area contributed by atoms with Crippen LogP contribution in [-0.4, -0.2) is 20.9 Å². The Hall–Kier alpha value is -2.03. The van der Waals surface area contributed by atoms with Crippen LogP contribution in [0.5, 0.6) is 0 Å². The van der Waals surface area contributed by atoms with Gasteiger partial charge in [0.1, 0.15) is 16.5 Å². The maximum absolute atomic E-state index is 13.1. The van der Waals surface area contributed by atoms with Crippen molar-refractivity contribution in [1.82, 2.24) is 4.72 Å². The number of anilines is 1. The predicted octanol–water partition coefficient (Wildman–Crippen LogP) is 2.54. The second-order valence-electron chi connectivity index (χ2n) is 4.45.